The summed E-state index contributed by atoms with van der Waals surface area (Å²) >= 11 is 1.49. The van der Waals surface area contributed by atoms with Gasteiger partial charge in [-0.15, -0.1) is 11.8 Å². The third-order valence-electron chi connectivity index (χ3n) is 2.59. The van der Waals surface area contributed by atoms with Crippen LogP contribution in [0.25, 0.3) is 0 Å². The lowest BCUT2D eigenvalue weighted by Gasteiger charge is -2.07. The Morgan fingerprint density at radius 3 is 2.63 bits per heavy atom. The van der Waals surface area contributed by atoms with Gasteiger partial charge in [0, 0.05) is 10.6 Å². The van der Waals surface area contributed by atoms with Crippen LogP contribution in [-0.4, -0.2) is 16.8 Å². The molecule has 0 atom stereocenters. The van der Waals surface area contributed by atoms with E-state index in [1.54, 1.807) is 25.1 Å². The fourth-order valence-corrected chi connectivity index (χ4v) is 2.32. The molecule has 0 aromatic heterocycles. The third kappa shape index (κ3) is 4.03. The van der Waals surface area contributed by atoms with E-state index in [1.807, 2.05) is 30.3 Å². The van der Waals surface area contributed by atoms with E-state index in [4.69, 9.17) is 0 Å². The topological polar surface area (TPSA) is 49.3 Å². The molecule has 2 aromatic carbocycles. The van der Waals surface area contributed by atoms with Crippen molar-refractivity contribution in [3.05, 3.63) is 54.1 Å². The fraction of sp³-hybridized carbons (Fsp3) is 0.133. The highest BCUT2D eigenvalue weighted by molar-refractivity contribution is 8.00. The molecule has 0 saturated carbocycles. The van der Waals surface area contributed by atoms with E-state index in [0.717, 1.165) is 10.5 Å². The minimum absolute atomic E-state index is 0.0565. The number of nitrogens with one attached hydrogen (secondary N) is 1. The average Bonchev–Trinajstić information content (AvgIpc) is 2.42. The molecule has 3 nitrogen and oxygen atoms in total. The Morgan fingerprint density at radius 2 is 1.95 bits per heavy atom. The summed E-state index contributed by atoms with van der Waals surface area (Å²) in [6.45, 7) is 1.80. The van der Waals surface area contributed by atoms with Crippen LogP contribution in [-0.2, 0) is 4.79 Å². The Kier molecular flexibility index (Phi) is 4.47. The van der Waals surface area contributed by atoms with Gasteiger partial charge in [-0.3, -0.25) is 4.79 Å². The maximum absolute atomic E-state index is 11.8. The number of carbonyl (C=O) groups excluding carboxylic acids is 1. The first-order chi connectivity index (χ1) is 9.15. The molecule has 19 heavy (non-hydrogen) atoms. The number of hydrogen-bond donors (Lipinski definition) is 2. The van der Waals surface area contributed by atoms with Crippen molar-refractivity contribution in [2.75, 3.05) is 11.1 Å². The Balaban J connectivity index is 1.89. The summed E-state index contributed by atoms with van der Waals surface area (Å²) in [6, 6.07) is 14.8. The standard InChI is InChI=1S/C15H15NO2S/c1-11-9-12(7-8-14(11)17)16-15(18)10-19-13-5-3-2-4-6-13/h2-9,17H,10H2,1H3,(H,16,18). The number of phenols is 1. The molecule has 98 valence electrons. The van der Waals surface area contributed by atoms with Gasteiger partial charge in [-0.25, -0.2) is 0 Å². The maximum atomic E-state index is 11.8. The largest absolute Gasteiger partial charge is 0.508 e. The molecule has 0 radical (unpaired) electrons. The highest BCUT2D eigenvalue weighted by Crippen LogP contribution is 2.21. The number of benzene rings is 2. The predicted octanol–water partition coefficient (Wildman–Crippen LogP) is 3.43. The summed E-state index contributed by atoms with van der Waals surface area (Å²) in [4.78, 5) is 12.9. The molecule has 4 heteroatoms. The number of phenolic OH excluding ortho intramolecular Hbond substituents is 1. The van der Waals surface area contributed by atoms with Crippen LogP contribution in [0.2, 0.25) is 0 Å². The third-order valence-corrected chi connectivity index (χ3v) is 3.61. The summed E-state index contributed by atoms with van der Waals surface area (Å²) < 4.78 is 0. The first kappa shape index (κ1) is 13.5. The molecule has 2 aromatic rings. The van der Waals surface area contributed by atoms with Crippen molar-refractivity contribution in [2.45, 2.75) is 11.8 Å². The first-order valence-electron chi connectivity index (χ1n) is 5.92. The summed E-state index contributed by atoms with van der Waals surface area (Å²) in [5.41, 5.74) is 1.45. The van der Waals surface area contributed by atoms with Gasteiger partial charge in [-0.1, -0.05) is 18.2 Å². The molecular formula is C15H15NO2S. The van der Waals surface area contributed by atoms with Crippen molar-refractivity contribution >= 4 is 23.4 Å². The lowest BCUT2D eigenvalue weighted by Crippen LogP contribution is -2.13. The van der Waals surface area contributed by atoms with E-state index in [-0.39, 0.29) is 11.7 Å². The van der Waals surface area contributed by atoms with Crippen LogP contribution in [0.3, 0.4) is 0 Å². The minimum atomic E-state index is -0.0565. The molecule has 0 aliphatic heterocycles. The Bertz CT molecular complexity index is 570. The van der Waals surface area contributed by atoms with Gasteiger partial charge in [0.05, 0.1) is 5.75 Å². The predicted molar refractivity (Wildman–Crippen MR) is 78.6 cm³/mol. The fourth-order valence-electron chi connectivity index (χ4n) is 1.60. The van der Waals surface area contributed by atoms with Crippen molar-refractivity contribution in [3.8, 4) is 5.75 Å². The minimum Gasteiger partial charge on any atom is -0.508 e. The van der Waals surface area contributed by atoms with Crippen LogP contribution in [0.15, 0.2) is 53.4 Å². The van der Waals surface area contributed by atoms with Gasteiger partial charge < -0.3 is 10.4 Å². The van der Waals surface area contributed by atoms with Crippen LogP contribution < -0.4 is 5.32 Å². The van der Waals surface area contributed by atoms with Crippen LogP contribution in [0.5, 0.6) is 5.75 Å². The zero-order valence-electron chi connectivity index (χ0n) is 10.6. The lowest BCUT2D eigenvalue weighted by atomic mass is 10.2. The van der Waals surface area contributed by atoms with Crippen molar-refractivity contribution in [1.29, 1.82) is 0 Å². The van der Waals surface area contributed by atoms with Gasteiger partial charge in [0.15, 0.2) is 0 Å². The molecule has 0 fully saturated rings. The highest BCUT2D eigenvalue weighted by Gasteiger charge is 2.04. The van der Waals surface area contributed by atoms with Gasteiger partial charge in [0.1, 0.15) is 5.75 Å². The van der Waals surface area contributed by atoms with Crippen LogP contribution in [0.1, 0.15) is 5.56 Å². The molecule has 0 bridgehead atoms. The summed E-state index contributed by atoms with van der Waals surface area (Å²) in [6.07, 6.45) is 0. The number of anilines is 1. The molecule has 1 amide bonds. The summed E-state index contributed by atoms with van der Waals surface area (Å²) in [5, 5.41) is 12.2. The van der Waals surface area contributed by atoms with E-state index in [0.29, 0.717) is 11.4 Å². The molecule has 0 unspecified atom stereocenters. The SMILES string of the molecule is Cc1cc(NC(=O)CSc2ccccc2)ccc1O. The van der Waals surface area contributed by atoms with E-state index in [2.05, 4.69) is 5.32 Å². The number of carbonyl (C=O) groups is 1. The number of rotatable bonds is 4. The smallest absolute Gasteiger partial charge is 0.234 e. The Morgan fingerprint density at radius 1 is 1.21 bits per heavy atom. The number of aromatic hydroxyl groups is 1. The molecular weight excluding hydrogens is 258 g/mol. The van der Waals surface area contributed by atoms with Crippen molar-refractivity contribution in [2.24, 2.45) is 0 Å². The summed E-state index contributed by atoms with van der Waals surface area (Å²) in [5.74, 6) is 0.542. The highest BCUT2D eigenvalue weighted by atomic mass is 32.2. The van der Waals surface area contributed by atoms with Gasteiger partial charge in [-0.05, 0) is 42.8 Å². The lowest BCUT2D eigenvalue weighted by molar-refractivity contribution is -0.113. The zero-order valence-corrected chi connectivity index (χ0v) is 11.4. The number of amides is 1. The second-order valence-electron chi connectivity index (χ2n) is 4.15. The van der Waals surface area contributed by atoms with E-state index < -0.39 is 0 Å². The van der Waals surface area contributed by atoms with Gasteiger partial charge >= 0.3 is 0 Å². The Hall–Kier alpha value is -1.94. The molecule has 0 aliphatic carbocycles. The number of thioether (sulfide) groups is 1. The Labute approximate surface area is 116 Å². The van der Waals surface area contributed by atoms with Crippen LogP contribution >= 0.6 is 11.8 Å². The second kappa shape index (κ2) is 6.29. The number of aryl methyl sites for hydroxylation is 1. The van der Waals surface area contributed by atoms with E-state index in [1.165, 1.54) is 11.8 Å². The monoisotopic (exact) mass is 273 g/mol. The number of hydrogen-bond acceptors (Lipinski definition) is 3. The molecule has 2 N–H and O–H groups in total. The van der Waals surface area contributed by atoms with Crippen LogP contribution in [0, 0.1) is 6.92 Å². The molecule has 0 spiro atoms. The van der Waals surface area contributed by atoms with Crippen molar-refractivity contribution < 1.29 is 9.90 Å². The van der Waals surface area contributed by atoms with Crippen LogP contribution in [0.4, 0.5) is 5.69 Å². The second-order valence-corrected chi connectivity index (χ2v) is 5.20. The maximum Gasteiger partial charge on any atom is 0.234 e. The zero-order chi connectivity index (χ0) is 13.7. The average molecular weight is 273 g/mol. The van der Waals surface area contributed by atoms with Gasteiger partial charge in [0.25, 0.3) is 0 Å². The normalized spacial score (nSPS) is 10.2. The van der Waals surface area contributed by atoms with E-state index in [9.17, 15) is 9.90 Å². The molecule has 0 heterocycles. The van der Waals surface area contributed by atoms with E-state index >= 15 is 0 Å². The van der Waals surface area contributed by atoms with Crippen molar-refractivity contribution in [3.63, 3.8) is 0 Å². The van der Waals surface area contributed by atoms with Gasteiger partial charge in [0.2, 0.25) is 5.91 Å². The molecule has 0 saturated heterocycles. The first-order valence-corrected chi connectivity index (χ1v) is 6.91. The molecule has 2 rings (SSSR count). The quantitative estimate of drug-likeness (QED) is 0.663. The summed E-state index contributed by atoms with van der Waals surface area (Å²) in [7, 11) is 0. The molecule has 0 aliphatic rings. The van der Waals surface area contributed by atoms with Crippen molar-refractivity contribution in [1.82, 2.24) is 0 Å². The van der Waals surface area contributed by atoms with Gasteiger partial charge in [-0.2, -0.15) is 0 Å².